The molecule has 1 aliphatic heterocycles. The lowest BCUT2D eigenvalue weighted by Gasteiger charge is -2.19. The molecule has 2 aromatic rings. The molecule has 0 spiro atoms. The molecule has 5 heteroatoms. The molecule has 0 aliphatic carbocycles. The zero-order chi connectivity index (χ0) is 18.4. The van der Waals surface area contributed by atoms with Crippen molar-refractivity contribution in [2.75, 3.05) is 33.8 Å². The number of halogens is 1. The topological polar surface area (TPSA) is 41.6 Å². The second kappa shape index (κ2) is 10.1. The van der Waals surface area contributed by atoms with Crippen molar-refractivity contribution in [1.29, 1.82) is 0 Å². The van der Waals surface area contributed by atoms with Crippen molar-refractivity contribution in [3.05, 3.63) is 65.7 Å². The maximum atomic E-state index is 13.3. The normalized spacial score (nSPS) is 16.7. The van der Waals surface area contributed by atoms with Crippen molar-refractivity contribution < 1.29 is 9.53 Å². The minimum Gasteiger partial charge on any atom is -0.496 e. The number of hydrogen-bond donors (Lipinski definition) is 1. The minimum absolute atomic E-state index is 0. The third-order valence-corrected chi connectivity index (χ3v) is 4.82. The van der Waals surface area contributed by atoms with Crippen LogP contribution in [0.15, 0.2) is 54.6 Å². The number of ether oxygens (including phenoxy) is 1. The fourth-order valence-electron chi connectivity index (χ4n) is 3.47. The van der Waals surface area contributed by atoms with Crippen LogP contribution in [0.4, 0.5) is 0 Å². The molecule has 0 aromatic heterocycles. The van der Waals surface area contributed by atoms with E-state index >= 15 is 0 Å². The van der Waals surface area contributed by atoms with E-state index in [1.807, 2.05) is 72.6 Å². The number of likely N-dealkylation sites (tertiary alicyclic amines) is 1. The molecule has 3 rings (SSSR count). The molecule has 1 unspecified atom stereocenters. The Labute approximate surface area is 167 Å². The van der Waals surface area contributed by atoms with Gasteiger partial charge in [0.05, 0.1) is 7.11 Å². The number of methoxy groups -OCH3 is 1. The van der Waals surface area contributed by atoms with Crippen LogP contribution in [0.25, 0.3) is 11.6 Å². The van der Waals surface area contributed by atoms with Gasteiger partial charge in [0, 0.05) is 24.2 Å². The molecule has 1 N–H and O–H groups in total. The van der Waals surface area contributed by atoms with E-state index in [4.69, 9.17) is 4.74 Å². The molecule has 0 saturated carbocycles. The first-order chi connectivity index (χ1) is 12.7. The maximum absolute atomic E-state index is 13.3. The Morgan fingerprint density at radius 2 is 1.89 bits per heavy atom. The molecule has 0 radical (unpaired) electrons. The first-order valence-electron chi connectivity index (χ1n) is 9.07. The van der Waals surface area contributed by atoms with Gasteiger partial charge < -0.3 is 15.0 Å². The molecular weight excluding hydrogens is 360 g/mol. The van der Waals surface area contributed by atoms with Crippen LogP contribution >= 0.6 is 12.4 Å². The Hall–Kier alpha value is -2.30. The van der Waals surface area contributed by atoms with Crippen LogP contribution in [-0.2, 0) is 4.79 Å². The van der Waals surface area contributed by atoms with Gasteiger partial charge in [-0.05, 0) is 43.6 Å². The lowest BCUT2D eigenvalue weighted by Crippen LogP contribution is -2.31. The molecule has 4 nitrogen and oxygen atoms in total. The van der Waals surface area contributed by atoms with Crippen molar-refractivity contribution in [3.8, 4) is 5.75 Å². The Kier molecular flexibility index (Phi) is 7.89. The van der Waals surface area contributed by atoms with Crippen LogP contribution < -0.4 is 10.1 Å². The van der Waals surface area contributed by atoms with Gasteiger partial charge in [0.25, 0.3) is 5.91 Å². The van der Waals surface area contributed by atoms with Crippen LogP contribution in [-0.4, -0.2) is 44.6 Å². The van der Waals surface area contributed by atoms with E-state index in [9.17, 15) is 4.79 Å². The number of para-hydroxylation sites is 1. The van der Waals surface area contributed by atoms with E-state index in [-0.39, 0.29) is 18.3 Å². The van der Waals surface area contributed by atoms with Gasteiger partial charge in [-0.15, -0.1) is 12.4 Å². The third-order valence-electron chi connectivity index (χ3n) is 4.82. The minimum atomic E-state index is 0. The van der Waals surface area contributed by atoms with E-state index in [0.29, 0.717) is 11.5 Å². The summed E-state index contributed by atoms with van der Waals surface area (Å²) in [6.07, 6.45) is 2.99. The van der Waals surface area contributed by atoms with Gasteiger partial charge in [-0.3, -0.25) is 4.79 Å². The lowest BCUT2D eigenvalue weighted by molar-refractivity contribution is -0.124. The highest BCUT2D eigenvalue weighted by molar-refractivity contribution is 6.24. The van der Waals surface area contributed by atoms with Crippen molar-refractivity contribution in [3.63, 3.8) is 0 Å². The quantitative estimate of drug-likeness (QED) is 0.607. The third kappa shape index (κ3) is 5.12. The highest BCUT2D eigenvalue weighted by Gasteiger charge is 2.28. The number of carbonyl (C=O) groups is 1. The second-order valence-corrected chi connectivity index (χ2v) is 6.63. The summed E-state index contributed by atoms with van der Waals surface area (Å²) in [7, 11) is 3.61. The average Bonchev–Trinajstić information content (AvgIpc) is 3.15. The largest absolute Gasteiger partial charge is 0.496 e. The van der Waals surface area contributed by atoms with E-state index in [2.05, 4.69) is 5.32 Å². The number of nitrogens with one attached hydrogen (secondary N) is 1. The predicted molar refractivity (Wildman–Crippen MR) is 113 cm³/mol. The molecule has 1 aliphatic rings. The fraction of sp³-hybridized carbons (Fsp3) is 0.318. The molecule has 27 heavy (non-hydrogen) atoms. The molecule has 1 amide bonds. The number of nitrogens with zero attached hydrogens (tertiary/aromatic N) is 1. The first-order valence-corrected chi connectivity index (χ1v) is 9.07. The summed E-state index contributed by atoms with van der Waals surface area (Å²) in [5.74, 6) is 1.37. The van der Waals surface area contributed by atoms with Crippen molar-refractivity contribution >= 4 is 30.0 Å². The fourth-order valence-corrected chi connectivity index (χ4v) is 3.47. The van der Waals surface area contributed by atoms with Gasteiger partial charge in [-0.25, -0.2) is 0 Å². The monoisotopic (exact) mass is 386 g/mol. The zero-order valence-corrected chi connectivity index (χ0v) is 16.7. The summed E-state index contributed by atoms with van der Waals surface area (Å²) >= 11 is 0. The highest BCUT2D eigenvalue weighted by atomic mass is 35.5. The van der Waals surface area contributed by atoms with E-state index in [1.54, 1.807) is 7.11 Å². The molecule has 1 saturated heterocycles. The lowest BCUT2D eigenvalue weighted by atomic mass is 10.0. The smallest absolute Gasteiger partial charge is 0.254 e. The van der Waals surface area contributed by atoms with Crippen LogP contribution in [0, 0.1) is 5.92 Å². The summed E-state index contributed by atoms with van der Waals surface area (Å²) in [6, 6.07) is 17.6. The summed E-state index contributed by atoms with van der Waals surface area (Å²) in [5.41, 5.74) is 2.55. The van der Waals surface area contributed by atoms with Crippen LogP contribution in [0.2, 0.25) is 0 Å². The summed E-state index contributed by atoms with van der Waals surface area (Å²) < 4.78 is 5.46. The average molecular weight is 387 g/mol. The zero-order valence-electron chi connectivity index (χ0n) is 15.9. The molecular formula is C22H27ClN2O2. The van der Waals surface area contributed by atoms with E-state index < -0.39 is 0 Å². The molecule has 0 bridgehead atoms. The second-order valence-electron chi connectivity index (χ2n) is 6.63. The molecule has 1 atom stereocenters. The number of amides is 1. The van der Waals surface area contributed by atoms with Crippen molar-refractivity contribution in [2.24, 2.45) is 5.92 Å². The van der Waals surface area contributed by atoms with Crippen LogP contribution in [0.1, 0.15) is 17.5 Å². The highest BCUT2D eigenvalue weighted by Crippen LogP contribution is 2.28. The van der Waals surface area contributed by atoms with Gasteiger partial charge in [0.2, 0.25) is 0 Å². The van der Waals surface area contributed by atoms with Gasteiger partial charge in [0.15, 0.2) is 0 Å². The number of hydrogen-bond acceptors (Lipinski definition) is 3. The molecule has 144 valence electrons. The SMILES string of the molecule is CNCC1CCN(C(=O)C(=Cc2ccccc2OC)c2ccccc2)C1.Cl. The van der Waals surface area contributed by atoms with Gasteiger partial charge in [-0.2, -0.15) is 0 Å². The maximum Gasteiger partial charge on any atom is 0.254 e. The van der Waals surface area contributed by atoms with E-state index in [1.165, 1.54) is 0 Å². The van der Waals surface area contributed by atoms with Crippen LogP contribution in [0.3, 0.4) is 0 Å². The summed E-state index contributed by atoms with van der Waals surface area (Å²) in [4.78, 5) is 15.3. The number of carbonyl (C=O) groups excluding carboxylic acids is 1. The van der Waals surface area contributed by atoms with Crippen molar-refractivity contribution in [2.45, 2.75) is 6.42 Å². The number of benzene rings is 2. The van der Waals surface area contributed by atoms with Gasteiger partial charge >= 0.3 is 0 Å². The Balaban J connectivity index is 0.00000261. The Morgan fingerprint density at radius 3 is 2.59 bits per heavy atom. The Bertz CT molecular complexity index is 777. The van der Waals surface area contributed by atoms with E-state index in [0.717, 1.165) is 42.9 Å². The van der Waals surface area contributed by atoms with Gasteiger partial charge in [0.1, 0.15) is 5.75 Å². The Morgan fingerprint density at radius 1 is 1.19 bits per heavy atom. The predicted octanol–water partition coefficient (Wildman–Crippen LogP) is 3.73. The molecule has 1 fully saturated rings. The van der Waals surface area contributed by atoms with Gasteiger partial charge in [-0.1, -0.05) is 48.5 Å². The molecule has 2 aromatic carbocycles. The standard InChI is InChI=1S/C22H26N2O2.ClH/c1-23-15-17-12-13-24(16-17)22(25)20(18-8-4-3-5-9-18)14-19-10-6-7-11-21(19)26-2;/h3-11,14,17,23H,12-13,15-16H2,1-2H3;1H. The molecule has 1 heterocycles. The van der Waals surface area contributed by atoms with Crippen molar-refractivity contribution in [1.82, 2.24) is 10.2 Å². The summed E-state index contributed by atoms with van der Waals surface area (Å²) in [5, 5.41) is 3.22. The van der Waals surface area contributed by atoms with Crippen LogP contribution in [0.5, 0.6) is 5.75 Å². The first kappa shape index (κ1) is 21.0. The number of rotatable bonds is 6. The summed E-state index contributed by atoms with van der Waals surface area (Å²) in [6.45, 7) is 2.55.